The van der Waals surface area contributed by atoms with E-state index in [1.807, 2.05) is 54.6 Å². The summed E-state index contributed by atoms with van der Waals surface area (Å²) in [7, 11) is 0. The molecule has 0 radical (unpaired) electrons. The van der Waals surface area contributed by atoms with Crippen LogP contribution in [0.3, 0.4) is 0 Å². The number of carboxylic acids is 1. The van der Waals surface area contributed by atoms with Gasteiger partial charge in [0.25, 0.3) is 5.91 Å². The molecule has 0 spiro atoms. The van der Waals surface area contributed by atoms with E-state index in [9.17, 15) is 9.59 Å². The van der Waals surface area contributed by atoms with Crippen LogP contribution in [0.15, 0.2) is 76.7 Å². The molecule has 26 heavy (non-hydrogen) atoms. The number of nitrogens with zero attached hydrogens (tertiary/aromatic N) is 2. The number of hydrogen-bond acceptors (Lipinski definition) is 4. The van der Waals surface area contributed by atoms with Crippen molar-refractivity contribution in [2.45, 2.75) is 22.8 Å². The van der Waals surface area contributed by atoms with Crippen molar-refractivity contribution < 1.29 is 14.7 Å². The fourth-order valence-electron chi connectivity index (χ4n) is 2.28. The number of carbonyl (C=O) groups is 2. The lowest BCUT2D eigenvalue weighted by molar-refractivity contribution is -0.137. The summed E-state index contributed by atoms with van der Waals surface area (Å²) in [5, 5.41) is 15.7. The van der Waals surface area contributed by atoms with Crippen LogP contribution in [-0.2, 0) is 11.3 Å². The average Bonchev–Trinajstić information content (AvgIpc) is 3.12. The SMILES string of the molecule is O=C(O)CCn1ccc(C(=O)Nc2ccccc2Sc2ccccc2)n1. The normalized spacial score (nSPS) is 10.5. The van der Waals surface area contributed by atoms with Crippen LogP contribution >= 0.6 is 11.8 Å². The molecule has 0 unspecified atom stereocenters. The highest BCUT2D eigenvalue weighted by Gasteiger charge is 2.13. The Morgan fingerprint density at radius 2 is 1.77 bits per heavy atom. The van der Waals surface area contributed by atoms with Crippen molar-refractivity contribution in [3.8, 4) is 0 Å². The van der Waals surface area contributed by atoms with Gasteiger partial charge in [-0.1, -0.05) is 42.1 Å². The van der Waals surface area contributed by atoms with Crippen molar-refractivity contribution in [3.05, 3.63) is 72.6 Å². The first-order valence-electron chi connectivity index (χ1n) is 8.00. The molecule has 0 atom stereocenters. The quantitative estimate of drug-likeness (QED) is 0.664. The minimum atomic E-state index is -0.904. The second kappa shape index (κ2) is 8.35. The molecule has 0 bridgehead atoms. The van der Waals surface area contributed by atoms with Crippen LogP contribution in [0.5, 0.6) is 0 Å². The molecule has 6 nitrogen and oxygen atoms in total. The van der Waals surface area contributed by atoms with E-state index < -0.39 is 5.97 Å². The molecule has 0 saturated carbocycles. The lowest BCUT2D eigenvalue weighted by Gasteiger charge is -2.10. The highest BCUT2D eigenvalue weighted by Crippen LogP contribution is 2.33. The van der Waals surface area contributed by atoms with Gasteiger partial charge < -0.3 is 10.4 Å². The van der Waals surface area contributed by atoms with Gasteiger partial charge in [-0.15, -0.1) is 0 Å². The van der Waals surface area contributed by atoms with Crippen molar-refractivity contribution in [3.63, 3.8) is 0 Å². The van der Waals surface area contributed by atoms with Crippen LogP contribution in [0.25, 0.3) is 0 Å². The summed E-state index contributed by atoms with van der Waals surface area (Å²) in [4.78, 5) is 25.1. The first kappa shape index (κ1) is 17.8. The number of amides is 1. The number of aromatic nitrogens is 2. The van der Waals surface area contributed by atoms with Gasteiger partial charge >= 0.3 is 5.97 Å². The van der Waals surface area contributed by atoms with Gasteiger partial charge in [0, 0.05) is 16.0 Å². The zero-order valence-electron chi connectivity index (χ0n) is 13.8. The first-order chi connectivity index (χ1) is 12.6. The first-order valence-corrected chi connectivity index (χ1v) is 8.82. The molecule has 132 valence electrons. The average molecular weight is 367 g/mol. The standard InChI is InChI=1S/C19H17N3O3S/c23-18(24)11-13-22-12-10-16(21-22)19(25)20-15-8-4-5-9-17(15)26-14-6-2-1-3-7-14/h1-10,12H,11,13H2,(H,20,25)(H,23,24). The lowest BCUT2D eigenvalue weighted by Crippen LogP contribution is -2.14. The van der Waals surface area contributed by atoms with Crippen molar-refractivity contribution in [2.24, 2.45) is 0 Å². The summed E-state index contributed by atoms with van der Waals surface area (Å²) in [6, 6.07) is 19.0. The van der Waals surface area contributed by atoms with Gasteiger partial charge in [-0.2, -0.15) is 5.10 Å². The van der Waals surface area contributed by atoms with Gasteiger partial charge in [0.2, 0.25) is 0 Å². The molecule has 0 saturated heterocycles. The molecule has 0 fully saturated rings. The van der Waals surface area contributed by atoms with E-state index in [1.165, 1.54) is 4.68 Å². The minimum absolute atomic E-state index is 0.0424. The van der Waals surface area contributed by atoms with Gasteiger partial charge in [0.05, 0.1) is 18.7 Å². The highest BCUT2D eigenvalue weighted by molar-refractivity contribution is 7.99. The maximum atomic E-state index is 12.5. The Bertz CT molecular complexity index is 909. The van der Waals surface area contributed by atoms with Crippen LogP contribution in [0.1, 0.15) is 16.9 Å². The summed E-state index contributed by atoms with van der Waals surface area (Å²) in [6.45, 7) is 0.225. The molecule has 0 aliphatic rings. The monoisotopic (exact) mass is 367 g/mol. The van der Waals surface area contributed by atoms with Crippen molar-refractivity contribution in [1.82, 2.24) is 9.78 Å². The van der Waals surface area contributed by atoms with Crippen LogP contribution in [0.4, 0.5) is 5.69 Å². The van der Waals surface area contributed by atoms with Crippen molar-refractivity contribution in [1.29, 1.82) is 0 Å². The lowest BCUT2D eigenvalue weighted by atomic mass is 10.3. The highest BCUT2D eigenvalue weighted by atomic mass is 32.2. The van der Waals surface area contributed by atoms with Crippen molar-refractivity contribution in [2.75, 3.05) is 5.32 Å². The molecule has 1 heterocycles. The smallest absolute Gasteiger partial charge is 0.305 e. The van der Waals surface area contributed by atoms with Gasteiger partial charge in [-0.25, -0.2) is 0 Å². The summed E-state index contributed by atoms with van der Waals surface area (Å²) >= 11 is 1.56. The molecule has 1 aromatic heterocycles. The maximum absolute atomic E-state index is 12.5. The molecule has 1 amide bonds. The summed E-state index contributed by atoms with van der Waals surface area (Å²) in [6.07, 6.45) is 1.56. The van der Waals surface area contributed by atoms with Crippen LogP contribution < -0.4 is 5.32 Å². The largest absolute Gasteiger partial charge is 0.481 e. The van der Waals surface area contributed by atoms with E-state index in [-0.39, 0.29) is 24.6 Å². The summed E-state index contributed by atoms with van der Waals surface area (Å²) in [5.41, 5.74) is 0.946. The molecule has 2 N–H and O–H groups in total. The molecule has 0 aliphatic heterocycles. The Morgan fingerprint density at radius 1 is 1.04 bits per heavy atom. The topological polar surface area (TPSA) is 84.2 Å². The van der Waals surface area contributed by atoms with E-state index in [4.69, 9.17) is 5.11 Å². The number of benzene rings is 2. The molecular weight excluding hydrogens is 350 g/mol. The van der Waals surface area contributed by atoms with E-state index in [2.05, 4.69) is 10.4 Å². The number of rotatable bonds is 7. The Morgan fingerprint density at radius 3 is 2.54 bits per heavy atom. The second-order valence-corrected chi connectivity index (χ2v) is 6.59. The minimum Gasteiger partial charge on any atom is -0.481 e. The second-order valence-electron chi connectivity index (χ2n) is 5.47. The number of hydrogen-bond donors (Lipinski definition) is 2. The van der Waals surface area contributed by atoms with E-state index in [0.717, 1.165) is 9.79 Å². The zero-order chi connectivity index (χ0) is 18.4. The van der Waals surface area contributed by atoms with E-state index in [0.29, 0.717) is 5.69 Å². The van der Waals surface area contributed by atoms with Gasteiger partial charge in [0.1, 0.15) is 0 Å². The van der Waals surface area contributed by atoms with E-state index in [1.54, 1.807) is 24.0 Å². The molecule has 0 aliphatic carbocycles. The number of anilines is 1. The van der Waals surface area contributed by atoms with Crippen molar-refractivity contribution >= 4 is 29.3 Å². The fourth-order valence-corrected chi connectivity index (χ4v) is 3.20. The molecule has 3 rings (SSSR count). The zero-order valence-corrected chi connectivity index (χ0v) is 14.6. The third-order valence-electron chi connectivity index (χ3n) is 3.53. The van der Waals surface area contributed by atoms with Crippen LogP contribution in [0, 0.1) is 0 Å². The molecule has 3 aromatic rings. The third-order valence-corrected chi connectivity index (χ3v) is 4.62. The predicted octanol–water partition coefficient (Wildman–Crippen LogP) is 3.76. The summed E-state index contributed by atoms with van der Waals surface area (Å²) in [5.74, 6) is -1.24. The molecular formula is C19H17N3O3S. The fraction of sp³-hybridized carbons (Fsp3) is 0.105. The number of para-hydroxylation sites is 1. The van der Waals surface area contributed by atoms with Crippen LogP contribution in [0.2, 0.25) is 0 Å². The Balaban J connectivity index is 1.71. The number of aliphatic carboxylic acids is 1. The van der Waals surface area contributed by atoms with Gasteiger partial charge in [-0.05, 0) is 30.3 Å². The third kappa shape index (κ3) is 4.73. The summed E-state index contributed by atoms with van der Waals surface area (Å²) < 4.78 is 1.45. The maximum Gasteiger partial charge on any atom is 0.305 e. The Labute approximate surface area is 154 Å². The predicted molar refractivity (Wildman–Crippen MR) is 99.4 cm³/mol. The van der Waals surface area contributed by atoms with Gasteiger partial charge in [-0.3, -0.25) is 14.3 Å². The van der Waals surface area contributed by atoms with Crippen LogP contribution in [-0.4, -0.2) is 26.8 Å². The van der Waals surface area contributed by atoms with E-state index >= 15 is 0 Å². The Hall–Kier alpha value is -3.06. The number of nitrogens with one attached hydrogen (secondary N) is 1. The number of carboxylic acid groups (broad SMARTS) is 1. The van der Waals surface area contributed by atoms with Gasteiger partial charge in [0.15, 0.2) is 5.69 Å². The number of carbonyl (C=O) groups excluding carboxylic acids is 1. The number of aryl methyl sites for hydroxylation is 1. The molecule has 7 heteroatoms. The molecule has 2 aromatic carbocycles. The Kier molecular flexibility index (Phi) is 5.70.